The summed E-state index contributed by atoms with van der Waals surface area (Å²) in [5.41, 5.74) is 2.97. The van der Waals surface area contributed by atoms with Gasteiger partial charge in [-0.1, -0.05) is 42.5 Å². The summed E-state index contributed by atoms with van der Waals surface area (Å²) in [4.78, 5) is 25.2. The minimum Gasteiger partial charge on any atom is -0.496 e. The second-order valence-electron chi connectivity index (χ2n) is 10.0. The number of rotatable bonds is 11. The van der Waals surface area contributed by atoms with Gasteiger partial charge in [0.25, 0.3) is 0 Å². The molecule has 0 saturated carbocycles. The van der Waals surface area contributed by atoms with Gasteiger partial charge in [0.1, 0.15) is 35.4 Å². The first-order valence-corrected chi connectivity index (χ1v) is 13.9. The Balaban J connectivity index is 1.92. The van der Waals surface area contributed by atoms with Crippen molar-refractivity contribution in [2.24, 2.45) is 0 Å². The average molecular weight is 603 g/mol. The molecule has 5 rings (SSSR count). The maximum atomic E-state index is 12.6. The van der Waals surface area contributed by atoms with Crippen molar-refractivity contribution in [1.82, 2.24) is 0 Å². The number of benzene rings is 4. The highest BCUT2D eigenvalue weighted by Crippen LogP contribution is 2.61. The van der Waals surface area contributed by atoms with Crippen molar-refractivity contribution in [3.05, 3.63) is 77.4 Å². The van der Waals surface area contributed by atoms with Crippen molar-refractivity contribution in [2.75, 3.05) is 35.2 Å². The molecule has 1 aliphatic carbocycles. The first-order valence-electron chi connectivity index (χ1n) is 13.9. The lowest BCUT2D eigenvalue weighted by molar-refractivity contribution is -0.167. The van der Waals surface area contributed by atoms with Crippen molar-refractivity contribution in [3.63, 3.8) is 0 Å². The Labute approximate surface area is 255 Å². The number of carbonyl (C=O) groups excluding carboxylic acids is 2. The Hall–Kier alpha value is -4.96. The molecule has 0 N–H and O–H groups in total. The van der Waals surface area contributed by atoms with Gasteiger partial charge >= 0.3 is 11.9 Å². The Morgan fingerprint density at radius 2 is 1.41 bits per heavy atom. The Morgan fingerprint density at radius 3 is 2.05 bits per heavy atom. The zero-order chi connectivity index (χ0) is 31.4. The van der Waals surface area contributed by atoms with E-state index in [9.17, 15) is 9.59 Å². The smallest absolute Gasteiger partial charge is 0.303 e. The van der Waals surface area contributed by atoms with Crippen LogP contribution < -0.4 is 23.7 Å². The van der Waals surface area contributed by atoms with Crippen LogP contribution in [0, 0.1) is 0 Å². The first-order chi connectivity index (χ1) is 21.3. The lowest BCUT2D eigenvalue weighted by atomic mass is 9.78. The van der Waals surface area contributed by atoms with Crippen LogP contribution in [-0.4, -0.2) is 47.2 Å². The molecule has 1 aliphatic rings. The number of carbonyl (C=O) groups is 2. The van der Waals surface area contributed by atoms with Crippen LogP contribution in [0.15, 0.2) is 60.7 Å². The fraction of sp³-hybridized carbons (Fsp3) is 0.294. The minimum atomic E-state index is -1.13. The molecular formula is C34H34O10. The SMILES string of the molecule is COCOc1cc(OCc2ccccc2)c2c(c1)[C@H](OC(C)=O)[C@@H](OC(C)=O)c1c-2c(OC)c2cccc(OC)c2c1OC. The Bertz CT molecular complexity index is 1680. The Kier molecular flexibility index (Phi) is 9.10. The summed E-state index contributed by atoms with van der Waals surface area (Å²) >= 11 is 0. The van der Waals surface area contributed by atoms with E-state index >= 15 is 0 Å². The highest BCUT2D eigenvalue weighted by molar-refractivity contribution is 6.06. The first kappa shape index (κ1) is 30.5. The van der Waals surface area contributed by atoms with E-state index in [-0.39, 0.29) is 13.4 Å². The van der Waals surface area contributed by atoms with Gasteiger partial charge in [0.2, 0.25) is 0 Å². The van der Waals surface area contributed by atoms with E-state index in [1.807, 2.05) is 42.5 Å². The molecule has 0 fully saturated rings. The zero-order valence-electron chi connectivity index (χ0n) is 25.4. The molecule has 0 radical (unpaired) electrons. The number of hydrogen-bond donors (Lipinski definition) is 0. The molecule has 0 unspecified atom stereocenters. The third-order valence-electron chi connectivity index (χ3n) is 7.26. The van der Waals surface area contributed by atoms with Gasteiger partial charge in [-0.2, -0.15) is 0 Å². The van der Waals surface area contributed by atoms with Gasteiger partial charge in [-0.15, -0.1) is 0 Å². The molecule has 0 saturated heterocycles. The van der Waals surface area contributed by atoms with Crippen LogP contribution in [-0.2, 0) is 30.4 Å². The van der Waals surface area contributed by atoms with E-state index < -0.39 is 24.1 Å². The minimum absolute atomic E-state index is 0.0410. The van der Waals surface area contributed by atoms with Crippen LogP contribution in [0.5, 0.6) is 28.7 Å². The van der Waals surface area contributed by atoms with Gasteiger partial charge in [-0.25, -0.2) is 0 Å². The van der Waals surface area contributed by atoms with Gasteiger partial charge < -0.3 is 37.9 Å². The predicted octanol–water partition coefficient (Wildman–Crippen LogP) is 6.32. The normalized spacial score (nSPS) is 15.0. The highest BCUT2D eigenvalue weighted by atomic mass is 16.7. The molecule has 2 atom stereocenters. The third kappa shape index (κ3) is 5.68. The van der Waals surface area contributed by atoms with Crippen LogP contribution in [0.2, 0.25) is 0 Å². The number of methoxy groups -OCH3 is 4. The molecular weight excluding hydrogens is 568 g/mol. The van der Waals surface area contributed by atoms with Gasteiger partial charge in [-0.05, 0) is 17.7 Å². The fourth-order valence-corrected chi connectivity index (χ4v) is 5.65. The maximum Gasteiger partial charge on any atom is 0.303 e. The molecule has 0 heterocycles. The number of fused-ring (bicyclic) bond motifs is 4. The van der Waals surface area contributed by atoms with E-state index in [2.05, 4.69) is 0 Å². The van der Waals surface area contributed by atoms with Crippen molar-refractivity contribution in [1.29, 1.82) is 0 Å². The van der Waals surface area contributed by atoms with Gasteiger partial charge in [0.15, 0.2) is 19.0 Å². The van der Waals surface area contributed by atoms with Gasteiger partial charge in [0.05, 0.1) is 32.3 Å². The summed E-state index contributed by atoms with van der Waals surface area (Å²) in [7, 11) is 6.14. The summed E-state index contributed by atoms with van der Waals surface area (Å²) in [5, 5.41) is 1.29. The molecule has 10 nitrogen and oxygen atoms in total. The Morgan fingerprint density at radius 1 is 0.705 bits per heavy atom. The summed E-state index contributed by atoms with van der Waals surface area (Å²) in [6.07, 6.45) is -2.23. The van der Waals surface area contributed by atoms with Crippen molar-refractivity contribution in [3.8, 4) is 39.9 Å². The van der Waals surface area contributed by atoms with Gasteiger partial charge in [0, 0.05) is 49.1 Å². The molecule has 0 spiro atoms. The predicted molar refractivity (Wildman–Crippen MR) is 161 cm³/mol. The largest absolute Gasteiger partial charge is 0.496 e. The molecule has 230 valence electrons. The van der Waals surface area contributed by atoms with Crippen molar-refractivity contribution in [2.45, 2.75) is 32.7 Å². The standard InChI is InChI=1S/C34H34O10/c1-19(35)43-32-24-15-22(42-18-37-3)16-26(41-17-21-11-8-7-9-12-21)27(24)29-30(34(32)44-20(2)36)33(40-6)28-23(31(29)39-5)13-10-14-25(28)38-4/h7-16,32,34H,17-18H2,1-6H3/t32-,34-/m0/s1. The van der Waals surface area contributed by atoms with Crippen LogP contribution >= 0.6 is 0 Å². The van der Waals surface area contributed by atoms with E-state index in [1.54, 1.807) is 32.4 Å². The molecule has 0 aromatic heterocycles. The quantitative estimate of drug-likeness (QED) is 0.143. The second-order valence-corrected chi connectivity index (χ2v) is 10.0. The lowest BCUT2D eigenvalue weighted by Crippen LogP contribution is -2.27. The number of esters is 2. The number of hydrogen-bond acceptors (Lipinski definition) is 10. The molecule has 44 heavy (non-hydrogen) atoms. The maximum absolute atomic E-state index is 12.6. The van der Waals surface area contributed by atoms with Gasteiger partial charge in [-0.3, -0.25) is 9.59 Å². The van der Waals surface area contributed by atoms with E-state index in [4.69, 9.17) is 37.9 Å². The monoisotopic (exact) mass is 602 g/mol. The molecule has 0 amide bonds. The second kappa shape index (κ2) is 13.1. The molecule has 0 aliphatic heterocycles. The average Bonchev–Trinajstić information content (AvgIpc) is 3.02. The summed E-state index contributed by atoms with van der Waals surface area (Å²) in [6, 6.07) is 18.7. The molecule has 4 aromatic carbocycles. The molecule has 0 bridgehead atoms. The summed E-state index contributed by atoms with van der Waals surface area (Å²) in [6.45, 7) is 2.76. The van der Waals surface area contributed by atoms with E-state index in [1.165, 1.54) is 28.1 Å². The summed E-state index contributed by atoms with van der Waals surface area (Å²) in [5.74, 6) is 0.987. The van der Waals surface area contributed by atoms with E-state index in [0.29, 0.717) is 61.8 Å². The molecule has 4 aromatic rings. The van der Waals surface area contributed by atoms with Crippen LogP contribution in [0.4, 0.5) is 0 Å². The van der Waals surface area contributed by atoms with Crippen molar-refractivity contribution >= 4 is 22.7 Å². The van der Waals surface area contributed by atoms with Crippen LogP contribution in [0.25, 0.3) is 21.9 Å². The molecule has 10 heteroatoms. The fourth-order valence-electron chi connectivity index (χ4n) is 5.65. The van der Waals surface area contributed by atoms with Crippen LogP contribution in [0.1, 0.15) is 42.7 Å². The highest BCUT2D eigenvalue weighted by Gasteiger charge is 2.45. The van der Waals surface area contributed by atoms with E-state index in [0.717, 1.165) is 5.56 Å². The van der Waals surface area contributed by atoms with Crippen molar-refractivity contribution < 1.29 is 47.5 Å². The third-order valence-corrected chi connectivity index (χ3v) is 7.26. The topological polar surface area (TPSA) is 108 Å². The lowest BCUT2D eigenvalue weighted by Gasteiger charge is -2.37. The zero-order valence-corrected chi connectivity index (χ0v) is 25.4. The van der Waals surface area contributed by atoms with Crippen LogP contribution in [0.3, 0.4) is 0 Å². The summed E-state index contributed by atoms with van der Waals surface area (Å²) < 4.78 is 47.2. The number of ether oxygens (including phenoxy) is 8.